The van der Waals surface area contributed by atoms with Crippen molar-refractivity contribution in [3.8, 4) is 11.5 Å². The molecule has 0 aliphatic carbocycles. The van der Waals surface area contributed by atoms with Gasteiger partial charge in [0, 0.05) is 6.16 Å². The molecule has 0 aliphatic heterocycles. The summed E-state index contributed by atoms with van der Waals surface area (Å²) in [5.41, 5.74) is 2.77. The van der Waals surface area contributed by atoms with Crippen LogP contribution in [0.5, 0.6) is 11.5 Å². The van der Waals surface area contributed by atoms with Crippen LogP contribution in [0.4, 0.5) is 0 Å². The third-order valence-corrected chi connectivity index (χ3v) is 3.06. The lowest BCUT2D eigenvalue weighted by atomic mass is 9.97. The van der Waals surface area contributed by atoms with E-state index in [2.05, 4.69) is 0 Å². The third-order valence-electron chi connectivity index (χ3n) is 2.73. The van der Waals surface area contributed by atoms with Gasteiger partial charge < -0.3 is 10.2 Å². The van der Waals surface area contributed by atoms with Crippen molar-refractivity contribution >= 4 is 14.0 Å². The van der Waals surface area contributed by atoms with Gasteiger partial charge in [0.15, 0.2) is 8.46 Å². The van der Waals surface area contributed by atoms with Gasteiger partial charge in [-0.25, -0.2) is 0 Å². The van der Waals surface area contributed by atoms with E-state index >= 15 is 0 Å². The van der Waals surface area contributed by atoms with Gasteiger partial charge in [-0.2, -0.15) is 0 Å². The van der Waals surface area contributed by atoms with E-state index in [0.717, 1.165) is 16.7 Å². The van der Waals surface area contributed by atoms with Crippen molar-refractivity contribution in [3.63, 3.8) is 0 Å². The van der Waals surface area contributed by atoms with Crippen LogP contribution in [0.3, 0.4) is 0 Å². The molecule has 3 nitrogen and oxygen atoms in total. The van der Waals surface area contributed by atoms with E-state index < -0.39 is 0 Å². The largest absolute Gasteiger partial charge is 0.508 e. The first-order valence-corrected chi connectivity index (χ1v) is 6.78. The Morgan fingerprint density at radius 1 is 0.895 bits per heavy atom. The summed E-state index contributed by atoms with van der Waals surface area (Å²) in [7, 11) is 0.0555. The summed E-state index contributed by atoms with van der Waals surface area (Å²) in [5, 5.41) is 18.6. The van der Waals surface area contributed by atoms with Crippen LogP contribution in [0.2, 0.25) is 0 Å². The van der Waals surface area contributed by atoms with Gasteiger partial charge in [0.25, 0.3) is 0 Å². The molecule has 0 spiro atoms. The molecule has 4 heteroatoms. The standard InChI is InChI=1S/C15H13O3P/c16-13-5-1-11(2-6-13)15(9-10-19-18)12-3-7-14(17)8-4-12/h1-9,16-17H,10H2. The van der Waals surface area contributed by atoms with Crippen molar-refractivity contribution in [2.45, 2.75) is 0 Å². The summed E-state index contributed by atoms with van der Waals surface area (Å²) >= 11 is 0. The normalized spacial score (nSPS) is 10.3. The van der Waals surface area contributed by atoms with E-state index in [1.165, 1.54) is 0 Å². The number of phenolic OH excluding ortho intramolecular Hbond substituents is 2. The molecule has 2 aromatic rings. The zero-order valence-corrected chi connectivity index (χ0v) is 11.0. The summed E-state index contributed by atoms with van der Waals surface area (Å²) in [5.74, 6) is 0.409. The van der Waals surface area contributed by atoms with Gasteiger partial charge in [-0.3, -0.25) is 4.57 Å². The van der Waals surface area contributed by atoms with Gasteiger partial charge >= 0.3 is 0 Å². The second kappa shape index (κ2) is 6.17. The molecular formula is C15H13O3P. The van der Waals surface area contributed by atoms with E-state index in [4.69, 9.17) is 0 Å². The summed E-state index contributed by atoms with van der Waals surface area (Å²) < 4.78 is 10.7. The van der Waals surface area contributed by atoms with Crippen LogP contribution >= 0.6 is 8.46 Å². The Kier molecular flexibility index (Phi) is 4.32. The van der Waals surface area contributed by atoms with Crippen molar-refractivity contribution in [2.24, 2.45) is 0 Å². The Bertz CT molecular complexity index is 538. The minimum absolute atomic E-state index is 0.0555. The summed E-state index contributed by atoms with van der Waals surface area (Å²) in [6.07, 6.45) is 2.28. The van der Waals surface area contributed by atoms with E-state index in [-0.39, 0.29) is 20.0 Å². The number of phenols is 2. The molecule has 0 fully saturated rings. The Balaban J connectivity index is 2.44. The van der Waals surface area contributed by atoms with Crippen LogP contribution < -0.4 is 0 Å². The van der Waals surface area contributed by atoms with Crippen molar-refractivity contribution in [3.05, 3.63) is 65.7 Å². The van der Waals surface area contributed by atoms with E-state index in [9.17, 15) is 14.8 Å². The van der Waals surface area contributed by atoms with Crippen LogP contribution in [0.1, 0.15) is 11.1 Å². The maximum atomic E-state index is 10.7. The molecule has 0 aromatic heterocycles. The molecule has 0 heterocycles. The Labute approximate surface area is 113 Å². The molecule has 0 amide bonds. The predicted molar refractivity (Wildman–Crippen MR) is 75.8 cm³/mol. The monoisotopic (exact) mass is 272 g/mol. The van der Waals surface area contributed by atoms with Crippen molar-refractivity contribution in [2.75, 3.05) is 6.16 Å². The zero-order chi connectivity index (χ0) is 13.7. The molecule has 0 atom stereocenters. The maximum Gasteiger partial charge on any atom is 0.159 e. The minimum atomic E-state index is 0.0555. The molecule has 2 aromatic carbocycles. The molecule has 0 bridgehead atoms. The number of allylic oxidation sites excluding steroid dienone is 1. The molecule has 0 aliphatic rings. The fourth-order valence-corrected chi connectivity index (χ4v) is 2.07. The van der Waals surface area contributed by atoms with Crippen LogP contribution in [-0.4, -0.2) is 16.4 Å². The van der Waals surface area contributed by atoms with Gasteiger partial charge in [-0.05, 0) is 41.0 Å². The molecule has 96 valence electrons. The maximum absolute atomic E-state index is 10.7. The first-order chi connectivity index (χ1) is 9.20. The molecule has 2 N–H and O–H groups in total. The smallest absolute Gasteiger partial charge is 0.159 e. The second-order valence-corrected chi connectivity index (χ2v) is 4.65. The van der Waals surface area contributed by atoms with E-state index in [1.807, 2.05) is 6.08 Å². The molecule has 2 rings (SSSR count). The van der Waals surface area contributed by atoms with Gasteiger partial charge in [0.2, 0.25) is 0 Å². The topological polar surface area (TPSA) is 57.5 Å². The average molecular weight is 272 g/mol. The Morgan fingerprint density at radius 3 is 1.68 bits per heavy atom. The second-order valence-electron chi connectivity index (χ2n) is 4.02. The van der Waals surface area contributed by atoms with E-state index in [0.29, 0.717) is 6.16 Å². The number of hydrogen-bond acceptors (Lipinski definition) is 3. The molecule has 0 saturated heterocycles. The highest BCUT2D eigenvalue weighted by Gasteiger charge is 2.05. The lowest BCUT2D eigenvalue weighted by molar-refractivity contribution is 0.475. The Hall–Kier alpha value is -2.12. The Morgan fingerprint density at radius 2 is 1.32 bits per heavy atom. The number of benzene rings is 2. The number of aromatic hydroxyl groups is 2. The number of rotatable bonds is 4. The van der Waals surface area contributed by atoms with Crippen LogP contribution in [0.25, 0.3) is 5.57 Å². The quantitative estimate of drug-likeness (QED) is 0.832. The first kappa shape index (κ1) is 13.3. The van der Waals surface area contributed by atoms with Crippen molar-refractivity contribution < 1.29 is 14.8 Å². The highest BCUT2D eigenvalue weighted by molar-refractivity contribution is 7.23. The van der Waals surface area contributed by atoms with Crippen LogP contribution in [-0.2, 0) is 4.57 Å². The number of hydrogen-bond donors (Lipinski definition) is 2. The molecule has 0 saturated carbocycles. The first-order valence-electron chi connectivity index (χ1n) is 5.79. The highest BCUT2D eigenvalue weighted by atomic mass is 31.1. The average Bonchev–Trinajstić information content (AvgIpc) is 2.43. The van der Waals surface area contributed by atoms with Gasteiger partial charge in [-0.1, -0.05) is 30.3 Å². The molecular weight excluding hydrogens is 259 g/mol. The van der Waals surface area contributed by atoms with Crippen LogP contribution in [0, 0.1) is 0 Å². The molecule has 19 heavy (non-hydrogen) atoms. The summed E-state index contributed by atoms with van der Waals surface area (Å²) in [4.78, 5) is 0. The van der Waals surface area contributed by atoms with Crippen LogP contribution in [0.15, 0.2) is 54.6 Å². The third kappa shape index (κ3) is 3.43. The van der Waals surface area contributed by atoms with Crippen molar-refractivity contribution in [1.29, 1.82) is 0 Å². The van der Waals surface area contributed by atoms with Gasteiger partial charge in [0.05, 0.1) is 0 Å². The fourth-order valence-electron chi connectivity index (χ4n) is 1.81. The van der Waals surface area contributed by atoms with Gasteiger partial charge in [-0.15, -0.1) is 0 Å². The summed E-state index contributed by atoms with van der Waals surface area (Å²) in [6, 6.07) is 13.6. The SMILES string of the molecule is O=PCC=C(c1ccc(O)cc1)c1ccc(O)cc1. The zero-order valence-electron chi connectivity index (χ0n) is 10.2. The predicted octanol–water partition coefficient (Wildman–Crippen LogP) is 3.82. The van der Waals surface area contributed by atoms with Crippen molar-refractivity contribution in [1.82, 2.24) is 0 Å². The minimum Gasteiger partial charge on any atom is -0.508 e. The highest BCUT2D eigenvalue weighted by Crippen LogP contribution is 2.26. The molecule has 0 radical (unpaired) electrons. The molecule has 0 unspecified atom stereocenters. The lowest BCUT2D eigenvalue weighted by Crippen LogP contribution is -1.88. The van der Waals surface area contributed by atoms with Gasteiger partial charge in [0.1, 0.15) is 11.5 Å². The van der Waals surface area contributed by atoms with E-state index in [1.54, 1.807) is 48.5 Å². The fraction of sp³-hybridized carbons (Fsp3) is 0.0667. The summed E-state index contributed by atoms with van der Waals surface area (Å²) in [6.45, 7) is 0. The lowest BCUT2D eigenvalue weighted by Gasteiger charge is -2.08.